The fourth-order valence-electron chi connectivity index (χ4n) is 2.26. The van der Waals surface area contributed by atoms with Crippen LogP contribution < -0.4 is 10.8 Å². The number of anilines is 2. The Hall–Kier alpha value is -2.80. The number of amides is 1. The molecule has 0 fully saturated rings. The van der Waals surface area contributed by atoms with E-state index < -0.39 is 17.5 Å². The molecule has 1 aromatic heterocycles. The summed E-state index contributed by atoms with van der Waals surface area (Å²) < 4.78 is 39.4. The van der Waals surface area contributed by atoms with Crippen molar-refractivity contribution in [2.24, 2.45) is 0 Å². The second kappa shape index (κ2) is 8.93. The average Bonchev–Trinajstić information content (AvgIpc) is 3.14. The maximum Gasteiger partial charge on any atom is 0.277 e. The van der Waals surface area contributed by atoms with Crippen molar-refractivity contribution in [1.82, 2.24) is 15.9 Å². The number of benzene rings is 2. The monoisotopic (exact) mass is 502 g/mol. The van der Waals surface area contributed by atoms with Crippen LogP contribution in [0.25, 0.3) is 11.1 Å². The zero-order valence-electron chi connectivity index (χ0n) is 14.2. The minimum atomic E-state index is -0.920. The van der Waals surface area contributed by atoms with Gasteiger partial charge in [-0.2, -0.15) is 0 Å². The van der Waals surface area contributed by atoms with Crippen molar-refractivity contribution in [1.29, 1.82) is 0 Å². The fraction of sp³-hybridized carbons (Fsp3) is 0.118. The summed E-state index contributed by atoms with van der Waals surface area (Å²) in [5, 5.41) is 9.41. The van der Waals surface area contributed by atoms with E-state index in [0.29, 0.717) is 3.57 Å². The zero-order chi connectivity index (χ0) is 20.1. The van der Waals surface area contributed by atoms with E-state index in [1.54, 1.807) is 6.07 Å². The molecule has 11 heteroatoms. The highest BCUT2D eigenvalue weighted by molar-refractivity contribution is 14.1. The molecule has 1 amide bonds. The number of rotatable bonds is 8. The van der Waals surface area contributed by atoms with E-state index in [2.05, 4.69) is 27.7 Å². The van der Waals surface area contributed by atoms with Crippen LogP contribution in [0.4, 0.5) is 20.2 Å². The molecule has 3 rings (SSSR count). The Kier molecular flexibility index (Phi) is 6.36. The van der Waals surface area contributed by atoms with Crippen LogP contribution in [-0.4, -0.2) is 29.5 Å². The van der Waals surface area contributed by atoms with Gasteiger partial charge in [0, 0.05) is 14.9 Å². The number of ether oxygens (including phenoxy) is 1. The van der Waals surface area contributed by atoms with Crippen LogP contribution in [0.5, 0.6) is 0 Å². The van der Waals surface area contributed by atoms with E-state index in [-0.39, 0.29) is 41.3 Å². The van der Waals surface area contributed by atoms with Gasteiger partial charge in [-0.05, 0) is 40.8 Å². The summed E-state index contributed by atoms with van der Waals surface area (Å²) in [7, 11) is 0. The van der Waals surface area contributed by atoms with Gasteiger partial charge in [0.2, 0.25) is 0 Å². The van der Waals surface area contributed by atoms with Gasteiger partial charge in [0.15, 0.2) is 16.9 Å². The highest BCUT2D eigenvalue weighted by Crippen LogP contribution is 2.31. The molecule has 0 aliphatic rings. The summed E-state index contributed by atoms with van der Waals surface area (Å²) >= 11 is 1.94. The first-order chi connectivity index (χ1) is 13.5. The van der Waals surface area contributed by atoms with Crippen molar-refractivity contribution in [3.05, 3.63) is 57.9 Å². The quantitative estimate of drug-likeness (QED) is 0.210. The molecule has 28 heavy (non-hydrogen) atoms. The van der Waals surface area contributed by atoms with Crippen LogP contribution >= 0.6 is 22.6 Å². The fourth-order valence-corrected chi connectivity index (χ4v) is 2.71. The van der Waals surface area contributed by atoms with Crippen molar-refractivity contribution < 1.29 is 27.7 Å². The lowest BCUT2D eigenvalue weighted by Gasteiger charge is -2.14. The standard InChI is InChI=1S/C17H13F2IN4O4/c1-2-26-5-6-27-23-17(25)10-8-13-16(22-24-28-13)14(19)15(10)21-12-4-3-9(20)7-11(12)18/h2-4,7-8,21H,1,5-6H2,(H,23,25). The second-order valence-corrected chi connectivity index (χ2v) is 6.54. The molecule has 0 unspecified atom stereocenters. The third-order valence-electron chi connectivity index (χ3n) is 3.51. The predicted octanol–water partition coefficient (Wildman–Crippen LogP) is 3.67. The van der Waals surface area contributed by atoms with Gasteiger partial charge in [-0.3, -0.25) is 9.63 Å². The largest absolute Gasteiger partial charge is 0.499 e. The molecular weight excluding hydrogens is 489 g/mol. The Labute approximate surface area is 170 Å². The molecule has 146 valence electrons. The Morgan fingerprint density at radius 3 is 2.89 bits per heavy atom. The molecule has 0 spiro atoms. The number of carbonyl (C=O) groups is 1. The van der Waals surface area contributed by atoms with Crippen LogP contribution in [-0.2, 0) is 9.57 Å². The number of nitrogens with zero attached hydrogens (tertiary/aromatic N) is 2. The topological polar surface area (TPSA) is 98.5 Å². The molecule has 8 nitrogen and oxygen atoms in total. The Morgan fingerprint density at radius 1 is 1.32 bits per heavy atom. The van der Waals surface area contributed by atoms with Crippen molar-refractivity contribution >= 4 is 51.0 Å². The minimum absolute atomic E-state index is 0.0236. The molecule has 0 aliphatic carbocycles. The molecule has 0 aliphatic heterocycles. The summed E-state index contributed by atoms with van der Waals surface area (Å²) in [5.74, 6) is -2.32. The van der Waals surface area contributed by atoms with Gasteiger partial charge in [-0.15, -0.1) is 5.10 Å². The lowest BCUT2D eigenvalue weighted by atomic mass is 10.1. The average molecular weight is 502 g/mol. The first-order valence-electron chi connectivity index (χ1n) is 7.82. The van der Waals surface area contributed by atoms with E-state index in [0.717, 1.165) is 0 Å². The van der Waals surface area contributed by atoms with Crippen molar-refractivity contribution in [3.63, 3.8) is 0 Å². The highest BCUT2D eigenvalue weighted by Gasteiger charge is 2.23. The maximum atomic E-state index is 14.9. The number of hydrogen-bond acceptors (Lipinski definition) is 7. The molecule has 0 bridgehead atoms. The van der Waals surface area contributed by atoms with Crippen molar-refractivity contribution in [2.75, 3.05) is 18.5 Å². The Bertz CT molecular complexity index is 1030. The van der Waals surface area contributed by atoms with Gasteiger partial charge in [-0.1, -0.05) is 6.58 Å². The Balaban J connectivity index is 1.92. The van der Waals surface area contributed by atoms with Crippen LogP contribution in [0, 0.1) is 15.2 Å². The lowest BCUT2D eigenvalue weighted by molar-refractivity contribution is 0.0145. The van der Waals surface area contributed by atoms with Gasteiger partial charge < -0.3 is 14.6 Å². The van der Waals surface area contributed by atoms with Gasteiger partial charge in [0.1, 0.15) is 19.0 Å². The van der Waals surface area contributed by atoms with E-state index in [9.17, 15) is 13.6 Å². The number of hydrogen-bond donors (Lipinski definition) is 2. The molecule has 2 aromatic carbocycles. The predicted molar refractivity (Wildman–Crippen MR) is 104 cm³/mol. The normalized spacial score (nSPS) is 10.7. The smallest absolute Gasteiger partial charge is 0.277 e. The van der Waals surface area contributed by atoms with Crippen LogP contribution in [0.1, 0.15) is 10.4 Å². The van der Waals surface area contributed by atoms with E-state index in [1.165, 1.54) is 24.5 Å². The van der Waals surface area contributed by atoms with Crippen molar-refractivity contribution in [3.8, 4) is 0 Å². The maximum absolute atomic E-state index is 14.9. The van der Waals surface area contributed by atoms with E-state index in [1.807, 2.05) is 22.6 Å². The van der Waals surface area contributed by atoms with Gasteiger partial charge in [0.25, 0.3) is 5.91 Å². The zero-order valence-corrected chi connectivity index (χ0v) is 16.3. The molecule has 1 heterocycles. The molecule has 0 saturated carbocycles. The molecule has 0 saturated heterocycles. The summed E-state index contributed by atoms with van der Waals surface area (Å²) in [6.45, 7) is 3.55. The Morgan fingerprint density at radius 2 is 2.14 bits per heavy atom. The molecule has 3 aromatic rings. The van der Waals surface area contributed by atoms with Crippen LogP contribution in [0.3, 0.4) is 0 Å². The third-order valence-corrected chi connectivity index (χ3v) is 4.18. The van der Waals surface area contributed by atoms with Crippen LogP contribution in [0.15, 0.2) is 41.6 Å². The molecule has 0 atom stereocenters. The van der Waals surface area contributed by atoms with Gasteiger partial charge in [0.05, 0.1) is 23.2 Å². The number of nitrogens with one attached hydrogen (secondary N) is 2. The summed E-state index contributed by atoms with van der Waals surface area (Å²) in [6, 6.07) is 5.54. The van der Waals surface area contributed by atoms with E-state index >= 15 is 0 Å². The lowest BCUT2D eigenvalue weighted by Crippen LogP contribution is -2.26. The highest BCUT2D eigenvalue weighted by atomic mass is 127. The van der Waals surface area contributed by atoms with E-state index in [4.69, 9.17) is 14.1 Å². The SMILES string of the molecule is C=COCCONC(=O)c1cc2onnc2c(F)c1Nc1ccc(I)cc1F. The number of hydroxylamine groups is 1. The first kappa shape index (κ1) is 19.9. The molecule has 0 radical (unpaired) electrons. The van der Waals surface area contributed by atoms with Gasteiger partial charge >= 0.3 is 0 Å². The minimum Gasteiger partial charge on any atom is -0.499 e. The summed E-state index contributed by atoms with van der Waals surface area (Å²) in [4.78, 5) is 17.4. The molecule has 2 N–H and O–H groups in total. The first-order valence-corrected chi connectivity index (χ1v) is 8.90. The number of halogens is 3. The third kappa shape index (κ3) is 4.36. The number of fused-ring (bicyclic) bond motifs is 1. The second-order valence-electron chi connectivity index (χ2n) is 5.30. The number of aromatic nitrogens is 2. The van der Waals surface area contributed by atoms with Crippen LogP contribution in [0.2, 0.25) is 0 Å². The number of carbonyl (C=O) groups excluding carboxylic acids is 1. The molecular formula is C17H13F2IN4O4. The summed E-state index contributed by atoms with van der Waals surface area (Å²) in [5.41, 5.74) is 1.39. The van der Waals surface area contributed by atoms with Gasteiger partial charge in [-0.25, -0.2) is 14.3 Å². The van der Waals surface area contributed by atoms with Crippen molar-refractivity contribution in [2.45, 2.75) is 0 Å². The summed E-state index contributed by atoms with van der Waals surface area (Å²) in [6.07, 6.45) is 1.23.